The Morgan fingerprint density at radius 3 is 1.78 bits per heavy atom. The topological polar surface area (TPSA) is 239 Å². The molecule has 0 spiro atoms. The van der Waals surface area contributed by atoms with E-state index in [0.29, 0.717) is 32.6 Å². The van der Waals surface area contributed by atoms with Crippen LogP contribution in [0.5, 0.6) is 0 Å². The van der Waals surface area contributed by atoms with Crippen molar-refractivity contribution < 1.29 is 35.7 Å². The maximum absolute atomic E-state index is 14.6. The van der Waals surface area contributed by atoms with Crippen molar-refractivity contribution in [1.82, 2.24) is 9.97 Å². The fourth-order valence-corrected chi connectivity index (χ4v) is 9.45. The van der Waals surface area contributed by atoms with Gasteiger partial charge in [-0.15, -0.1) is 0 Å². The molecule has 0 saturated heterocycles. The molecule has 2 atom stereocenters. The molecule has 0 radical (unpaired) electrons. The first-order chi connectivity index (χ1) is 26.7. The first-order valence-electron chi connectivity index (χ1n) is 17.2. The average Bonchev–Trinajstić information content (AvgIpc) is 3.14. The van der Waals surface area contributed by atoms with Crippen molar-refractivity contribution >= 4 is 65.5 Å². The number of aromatic nitrogens is 2. The third-order valence-electron chi connectivity index (χ3n) is 9.73. The Kier molecular flexibility index (Phi) is 13.1. The van der Waals surface area contributed by atoms with Gasteiger partial charge in [-0.1, -0.05) is 36.4 Å². The Morgan fingerprint density at radius 2 is 1.29 bits per heavy atom. The summed E-state index contributed by atoms with van der Waals surface area (Å²) in [6.45, 7) is 15.6. The highest BCUT2D eigenvalue weighted by Gasteiger charge is 2.51. The maximum atomic E-state index is 14.6. The standard InChI is InChI=1S/C19H19FN4O2S.C12H15BrFN3O2S.C7H6BNO2/c1-18(2)17(22)24-19(3,11-27(18,25)26)16-14(20)7-8-15(23-16)13-6-4-5-12(9-13)10-21;1-11(2)10(15)17-12(3,6-20(11,18)19)9-7(14)4-5-8(13)16-9;1-9-7-4-2-3-6(5-7)8(10)11/h4-9H,11H2,1-3H3,(H2,22,24);4-5H,6H2,1-3H3,(H2,15,17);2-5,10-11H/t19-;12-;/m11./s1. The average molecular weight is 898 g/mol. The summed E-state index contributed by atoms with van der Waals surface area (Å²) < 4.78 is 76.6. The maximum Gasteiger partial charge on any atom is 0.487 e. The second kappa shape index (κ2) is 16.6. The van der Waals surface area contributed by atoms with Crippen LogP contribution in [0.25, 0.3) is 16.1 Å². The van der Waals surface area contributed by atoms with Crippen molar-refractivity contribution in [2.75, 3.05) is 11.5 Å². The van der Waals surface area contributed by atoms with Crippen molar-refractivity contribution in [3.63, 3.8) is 0 Å². The van der Waals surface area contributed by atoms with E-state index in [1.807, 2.05) is 6.07 Å². The molecule has 20 heteroatoms. The van der Waals surface area contributed by atoms with Crippen LogP contribution in [0.4, 0.5) is 14.5 Å². The number of pyridine rings is 2. The minimum absolute atomic E-state index is 0.0334. The van der Waals surface area contributed by atoms with E-state index in [2.05, 4.69) is 40.7 Å². The molecular formula is C38H40BBrF2N8O6S2. The van der Waals surface area contributed by atoms with Crippen LogP contribution >= 0.6 is 15.9 Å². The van der Waals surface area contributed by atoms with Gasteiger partial charge in [0.2, 0.25) is 0 Å². The third-order valence-corrected chi connectivity index (χ3v) is 15.6. The second-order valence-corrected chi connectivity index (χ2v) is 20.7. The fraction of sp³-hybridized carbons (Fsp3) is 0.316. The lowest BCUT2D eigenvalue weighted by molar-refractivity contribution is 0.425. The van der Waals surface area contributed by atoms with Crippen molar-refractivity contribution in [1.29, 1.82) is 5.26 Å². The molecule has 0 bridgehead atoms. The molecular weight excluding hydrogens is 857 g/mol. The van der Waals surface area contributed by atoms with E-state index in [1.54, 1.807) is 42.5 Å². The summed E-state index contributed by atoms with van der Waals surface area (Å²) in [6, 6.07) is 20.3. The van der Waals surface area contributed by atoms with Gasteiger partial charge in [0.25, 0.3) is 0 Å². The summed E-state index contributed by atoms with van der Waals surface area (Å²) in [5.74, 6) is -2.12. The van der Waals surface area contributed by atoms with E-state index in [9.17, 15) is 25.6 Å². The molecule has 6 N–H and O–H groups in total. The highest BCUT2D eigenvalue weighted by molar-refractivity contribution is 9.10. The molecule has 304 valence electrons. The van der Waals surface area contributed by atoms with Crippen LogP contribution in [0.2, 0.25) is 0 Å². The summed E-state index contributed by atoms with van der Waals surface area (Å²) in [7, 11) is -8.74. The van der Waals surface area contributed by atoms with E-state index in [-0.39, 0.29) is 28.8 Å². The quantitative estimate of drug-likeness (QED) is 0.129. The lowest BCUT2D eigenvalue weighted by atomic mass is 9.80. The minimum Gasteiger partial charge on any atom is -0.423 e. The first kappa shape index (κ1) is 45.6. The molecule has 0 saturated carbocycles. The highest BCUT2D eigenvalue weighted by Crippen LogP contribution is 2.39. The van der Waals surface area contributed by atoms with Gasteiger partial charge in [-0.25, -0.2) is 40.4 Å². The Labute approximate surface area is 344 Å². The lowest BCUT2D eigenvalue weighted by Gasteiger charge is -2.37. The van der Waals surface area contributed by atoms with Gasteiger partial charge in [0.15, 0.2) is 25.4 Å². The van der Waals surface area contributed by atoms with E-state index in [0.717, 1.165) is 0 Å². The van der Waals surface area contributed by atoms with Gasteiger partial charge in [0, 0.05) is 5.56 Å². The van der Waals surface area contributed by atoms with Gasteiger partial charge < -0.3 is 21.5 Å². The van der Waals surface area contributed by atoms with Crippen LogP contribution < -0.4 is 16.9 Å². The number of nitrogens with two attached hydrogens (primary N) is 2. The third kappa shape index (κ3) is 9.27. The van der Waals surface area contributed by atoms with E-state index < -0.39 is 64.8 Å². The molecule has 0 fully saturated rings. The molecule has 58 heavy (non-hydrogen) atoms. The Hall–Kier alpha value is -5.12. The van der Waals surface area contributed by atoms with Crippen molar-refractivity contribution in [3.05, 3.63) is 117 Å². The number of amidine groups is 2. The SMILES string of the molecule is CC1(C)C(N)=N[C@@](C)(c2nc(-c3cccc(C#N)c3)ccc2F)CS1(=O)=O.CC1(C)C(N)=N[C@@](C)(c2nc(Br)ccc2F)CS1(=O)=O.[C-]#[N+]c1cccc(B(O)O)c1. The number of sulfone groups is 2. The zero-order chi connectivity index (χ0) is 43.6. The Balaban J connectivity index is 0.000000210. The summed E-state index contributed by atoms with van der Waals surface area (Å²) in [6.07, 6.45) is 0. The van der Waals surface area contributed by atoms with Gasteiger partial charge in [-0.3, -0.25) is 9.98 Å². The number of nitriles is 1. The van der Waals surface area contributed by atoms with Crippen molar-refractivity contribution in [2.45, 2.75) is 62.1 Å². The number of rotatable bonds is 4. The molecule has 14 nitrogen and oxygen atoms in total. The predicted molar refractivity (Wildman–Crippen MR) is 222 cm³/mol. The zero-order valence-electron chi connectivity index (χ0n) is 32.2. The Bertz CT molecular complexity index is 2630. The molecule has 4 heterocycles. The normalized spacial score (nSPS) is 22.2. The summed E-state index contributed by atoms with van der Waals surface area (Å²) in [5, 5.41) is 26.5. The highest BCUT2D eigenvalue weighted by atomic mass is 79.9. The first-order valence-corrected chi connectivity index (χ1v) is 21.3. The summed E-state index contributed by atoms with van der Waals surface area (Å²) in [4.78, 5) is 20.1. The number of nitrogens with zero attached hydrogens (tertiary/aromatic N) is 6. The number of aliphatic imine (C=N–C) groups is 2. The van der Waals surface area contributed by atoms with Crippen LogP contribution in [0, 0.1) is 29.5 Å². The van der Waals surface area contributed by atoms with Crippen LogP contribution in [-0.4, -0.2) is 76.6 Å². The fourth-order valence-electron chi connectivity index (χ4n) is 5.81. The molecule has 0 amide bonds. The molecule has 0 unspecified atom stereocenters. The van der Waals surface area contributed by atoms with Gasteiger partial charge in [0.1, 0.15) is 59.9 Å². The second-order valence-electron chi connectivity index (χ2n) is 14.8. The number of halogens is 3. The molecule has 4 aromatic rings. The van der Waals surface area contributed by atoms with Crippen molar-refractivity contribution in [3.8, 4) is 17.3 Å². The zero-order valence-corrected chi connectivity index (χ0v) is 35.5. The van der Waals surface area contributed by atoms with Crippen molar-refractivity contribution in [2.24, 2.45) is 21.5 Å². The van der Waals surface area contributed by atoms with E-state index >= 15 is 0 Å². The number of hydrogen-bond acceptors (Lipinski definition) is 13. The molecule has 0 aliphatic carbocycles. The van der Waals surface area contributed by atoms with E-state index in [4.69, 9.17) is 33.3 Å². The molecule has 2 aromatic heterocycles. The van der Waals surface area contributed by atoms with Gasteiger partial charge in [0.05, 0.1) is 35.4 Å². The van der Waals surface area contributed by atoms with Crippen LogP contribution in [0.3, 0.4) is 0 Å². The summed E-state index contributed by atoms with van der Waals surface area (Å²) in [5.41, 5.74) is 11.1. The van der Waals surface area contributed by atoms with Gasteiger partial charge >= 0.3 is 7.12 Å². The number of benzene rings is 2. The predicted octanol–water partition coefficient (Wildman–Crippen LogP) is 4.22. The molecule has 2 aromatic carbocycles. The van der Waals surface area contributed by atoms with Crippen LogP contribution in [-0.2, 0) is 30.8 Å². The smallest absolute Gasteiger partial charge is 0.423 e. The lowest BCUT2D eigenvalue weighted by Crippen LogP contribution is -2.55. The van der Waals surface area contributed by atoms with Gasteiger partial charge in [-0.05, 0) is 99.3 Å². The van der Waals surface area contributed by atoms with E-state index in [1.165, 1.54) is 71.9 Å². The number of hydrogen-bond donors (Lipinski definition) is 4. The monoisotopic (exact) mass is 896 g/mol. The molecule has 6 rings (SSSR count). The minimum atomic E-state index is -3.68. The van der Waals surface area contributed by atoms with Crippen LogP contribution in [0.15, 0.2) is 87.4 Å². The largest absolute Gasteiger partial charge is 0.487 e. The Morgan fingerprint density at radius 1 is 0.793 bits per heavy atom. The molecule has 2 aliphatic heterocycles. The van der Waals surface area contributed by atoms with Gasteiger partial charge in [-0.2, -0.15) is 5.26 Å². The van der Waals surface area contributed by atoms with Crippen LogP contribution in [0.1, 0.15) is 58.5 Å². The summed E-state index contributed by atoms with van der Waals surface area (Å²) >= 11 is 3.15. The molecule has 2 aliphatic rings.